The monoisotopic (exact) mass is 184 g/mol. The van der Waals surface area contributed by atoms with E-state index in [0.29, 0.717) is 11.8 Å². The van der Waals surface area contributed by atoms with Gasteiger partial charge in [-0.15, -0.1) is 0 Å². The van der Waals surface area contributed by atoms with Crippen LogP contribution in [0.15, 0.2) is 0 Å². The Balaban J connectivity index is 2.23. The molecule has 0 aromatic rings. The fourth-order valence-electron chi connectivity index (χ4n) is 1.79. The van der Waals surface area contributed by atoms with Gasteiger partial charge in [0.15, 0.2) is 0 Å². The summed E-state index contributed by atoms with van der Waals surface area (Å²) in [5.74, 6) is 0.963. The lowest BCUT2D eigenvalue weighted by molar-refractivity contribution is -0.127. The van der Waals surface area contributed by atoms with Gasteiger partial charge in [-0.3, -0.25) is 4.79 Å². The number of nitrogens with one attached hydrogen (secondary N) is 1. The van der Waals surface area contributed by atoms with Crippen LogP contribution >= 0.6 is 0 Å². The first-order valence-corrected chi connectivity index (χ1v) is 5.20. The zero-order chi connectivity index (χ0) is 9.68. The van der Waals surface area contributed by atoms with Crippen LogP contribution in [0.5, 0.6) is 0 Å². The maximum absolute atomic E-state index is 11.4. The molecule has 0 saturated carbocycles. The second kappa shape index (κ2) is 5.22. The highest BCUT2D eigenvalue weighted by molar-refractivity contribution is 5.78. The van der Waals surface area contributed by atoms with Gasteiger partial charge in [0.2, 0.25) is 5.91 Å². The van der Waals surface area contributed by atoms with Gasteiger partial charge in [-0.1, -0.05) is 13.3 Å². The Labute approximate surface area is 80.5 Å². The SMILES string of the molecule is CCC1CC(=O)N(CCCNC)C1. The number of hydrogen-bond acceptors (Lipinski definition) is 2. The van der Waals surface area contributed by atoms with Crippen molar-refractivity contribution in [3.8, 4) is 0 Å². The molecule has 0 bridgehead atoms. The number of rotatable bonds is 5. The van der Waals surface area contributed by atoms with E-state index >= 15 is 0 Å². The summed E-state index contributed by atoms with van der Waals surface area (Å²) in [6.45, 7) is 5.07. The van der Waals surface area contributed by atoms with Gasteiger partial charge in [0, 0.05) is 19.5 Å². The van der Waals surface area contributed by atoms with Crippen LogP contribution in [0.2, 0.25) is 0 Å². The zero-order valence-electron chi connectivity index (χ0n) is 8.68. The lowest BCUT2D eigenvalue weighted by Crippen LogP contribution is -2.28. The van der Waals surface area contributed by atoms with E-state index in [0.717, 1.165) is 38.9 Å². The molecule has 1 amide bonds. The number of likely N-dealkylation sites (tertiary alicyclic amines) is 1. The largest absolute Gasteiger partial charge is 0.342 e. The number of amides is 1. The minimum Gasteiger partial charge on any atom is -0.342 e. The second-order valence-electron chi connectivity index (χ2n) is 3.78. The maximum atomic E-state index is 11.4. The van der Waals surface area contributed by atoms with Gasteiger partial charge in [0.1, 0.15) is 0 Å². The third-order valence-corrected chi connectivity index (χ3v) is 2.73. The number of carbonyl (C=O) groups is 1. The highest BCUT2D eigenvalue weighted by atomic mass is 16.2. The second-order valence-corrected chi connectivity index (χ2v) is 3.78. The molecule has 0 spiro atoms. The first-order valence-electron chi connectivity index (χ1n) is 5.20. The highest BCUT2D eigenvalue weighted by Gasteiger charge is 2.27. The van der Waals surface area contributed by atoms with Crippen molar-refractivity contribution in [2.24, 2.45) is 5.92 Å². The number of hydrogen-bond donors (Lipinski definition) is 1. The summed E-state index contributed by atoms with van der Waals surface area (Å²) in [4.78, 5) is 13.4. The molecule has 1 unspecified atom stereocenters. The average Bonchev–Trinajstić information content (AvgIpc) is 2.48. The molecular weight excluding hydrogens is 164 g/mol. The molecule has 1 aliphatic rings. The van der Waals surface area contributed by atoms with E-state index < -0.39 is 0 Å². The van der Waals surface area contributed by atoms with Crippen LogP contribution in [-0.2, 0) is 4.79 Å². The van der Waals surface area contributed by atoms with Gasteiger partial charge >= 0.3 is 0 Å². The van der Waals surface area contributed by atoms with E-state index in [-0.39, 0.29) is 0 Å². The maximum Gasteiger partial charge on any atom is 0.222 e. The van der Waals surface area contributed by atoms with Gasteiger partial charge in [-0.25, -0.2) is 0 Å². The fraction of sp³-hybridized carbons (Fsp3) is 0.900. The molecule has 0 aromatic carbocycles. The smallest absolute Gasteiger partial charge is 0.222 e. The molecular formula is C10H20N2O. The van der Waals surface area contributed by atoms with Gasteiger partial charge in [-0.2, -0.15) is 0 Å². The number of nitrogens with zero attached hydrogens (tertiary/aromatic N) is 1. The van der Waals surface area contributed by atoms with Gasteiger partial charge < -0.3 is 10.2 Å². The topological polar surface area (TPSA) is 32.3 Å². The van der Waals surface area contributed by atoms with Crippen molar-refractivity contribution in [2.45, 2.75) is 26.2 Å². The lowest BCUT2D eigenvalue weighted by Gasteiger charge is -2.15. The first-order chi connectivity index (χ1) is 6.27. The Morgan fingerprint density at radius 2 is 2.38 bits per heavy atom. The minimum absolute atomic E-state index is 0.350. The fourth-order valence-corrected chi connectivity index (χ4v) is 1.79. The van der Waals surface area contributed by atoms with E-state index in [4.69, 9.17) is 0 Å². The summed E-state index contributed by atoms with van der Waals surface area (Å²) in [6.07, 6.45) is 2.98. The quantitative estimate of drug-likeness (QED) is 0.643. The zero-order valence-corrected chi connectivity index (χ0v) is 8.68. The van der Waals surface area contributed by atoms with Crippen molar-refractivity contribution >= 4 is 5.91 Å². The summed E-state index contributed by atoms with van der Waals surface area (Å²) in [7, 11) is 1.95. The lowest BCUT2D eigenvalue weighted by atomic mass is 10.1. The van der Waals surface area contributed by atoms with Gasteiger partial charge in [-0.05, 0) is 25.9 Å². The summed E-state index contributed by atoms with van der Waals surface area (Å²) in [5.41, 5.74) is 0. The molecule has 13 heavy (non-hydrogen) atoms. The van der Waals surface area contributed by atoms with Gasteiger partial charge in [0.05, 0.1) is 0 Å². The Bertz CT molecular complexity index is 170. The van der Waals surface area contributed by atoms with E-state index in [1.165, 1.54) is 0 Å². The third kappa shape index (κ3) is 2.99. The van der Waals surface area contributed by atoms with Crippen LogP contribution in [0.25, 0.3) is 0 Å². The van der Waals surface area contributed by atoms with Crippen LogP contribution in [0.1, 0.15) is 26.2 Å². The Morgan fingerprint density at radius 3 is 2.92 bits per heavy atom. The Kier molecular flexibility index (Phi) is 4.22. The molecule has 1 rings (SSSR count). The molecule has 1 heterocycles. The minimum atomic E-state index is 0.350. The van der Waals surface area contributed by atoms with Crippen LogP contribution in [0, 0.1) is 5.92 Å². The van der Waals surface area contributed by atoms with Crippen molar-refractivity contribution in [1.82, 2.24) is 10.2 Å². The van der Waals surface area contributed by atoms with Crippen LogP contribution in [0.4, 0.5) is 0 Å². The molecule has 0 aromatic heterocycles. The van der Waals surface area contributed by atoms with E-state index in [9.17, 15) is 4.79 Å². The van der Waals surface area contributed by atoms with Crippen molar-refractivity contribution in [3.63, 3.8) is 0 Å². The molecule has 3 heteroatoms. The molecule has 3 nitrogen and oxygen atoms in total. The third-order valence-electron chi connectivity index (χ3n) is 2.73. The van der Waals surface area contributed by atoms with E-state index in [1.807, 2.05) is 11.9 Å². The molecule has 0 aliphatic carbocycles. The predicted molar refractivity (Wildman–Crippen MR) is 53.5 cm³/mol. The van der Waals surface area contributed by atoms with Crippen molar-refractivity contribution in [2.75, 3.05) is 26.7 Å². The summed E-state index contributed by atoms with van der Waals surface area (Å²) < 4.78 is 0. The standard InChI is InChI=1S/C10H20N2O/c1-3-9-7-10(13)12(8-9)6-4-5-11-2/h9,11H,3-8H2,1-2H3. The molecule has 1 atom stereocenters. The molecule has 76 valence electrons. The molecule has 0 radical (unpaired) electrons. The highest BCUT2D eigenvalue weighted by Crippen LogP contribution is 2.20. The van der Waals surface area contributed by atoms with Crippen LogP contribution in [-0.4, -0.2) is 37.5 Å². The summed E-state index contributed by atoms with van der Waals surface area (Å²) >= 11 is 0. The Hall–Kier alpha value is -0.570. The average molecular weight is 184 g/mol. The van der Waals surface area contributed by atoms with Crippen molar-refractivity contribution < 1.29 is 4.79 Å². The van der Waals surface area contributed by atoms with Crippen molar-refractivity contribution in [1.29, 1.82) is 0 Å². The van der Waals surface area contributed by atoms with E-state index in [1.54, 1.807) is 0 Å². The van der Waals surface area contributed by atoms with Crippen molar-refractivity contribution in [3.05, 3.63) is 0 Å². The predicted octanol–water partition coefficient (Wildman–Crippen LogP) is 0.854. The van der Waals surface area contributed by atoms with Crippen LogP contribution in [0.3, 0.4) is 0 Å². The normalized spacial score (nSPS) is 22.8. The van der Waals surface area contributed by atoms with Gasteiger partial charge in [0.25, 0.3) is 0 Å². The molecule has 1 aliphatic heterocycles. The molecule has 1 saturated heterocycles. The van der Waals surface area contributed by atoms with E-state index in [2.05, 4.69) is 12.2 Å². The summed E-state index contributed by atoms with van der Waals surface area (Å²) in [6, 6.07) is 0. The first kappa shape index (κ1) is 10.5. The molecule has 1 N–H and O–H groups in total. The summed E-state index contributed by atoms with van der Waals surface area (Å²) in [5, 5.41) is 3.09. The Morgan fingerprint density at radius 1 is 1.62 bits per heavy atom. The molecule has 1 fully saturated rings. The van der Waals surface area contributed by atoms with Crippen LogP contribution < -0.4 is 5.32 Å². The number of carbonyl (C=O) groups excluding carboxylic acids is 1.